The van der Waals surface area contributed by atoms with Crippen molar-refractivity contribution in [1.82, 2.24) is 9.66 Å². The Bertz CT molecular complexity index is 707. The van der Waals surface area contributed by atoms with Crippen LogP contribution >= 0.6 is 11.3 Å². The van der Waals surface area contributed by atoms with Crippen LogP contribution in [0.2, 0.25) is 0 Å². The van der Waals surface area contributed by atoms with Crippen molar-refractivity contribution in [3.63, 3.8) is 0 Å². The van der Waals surface area contributed by atoms with Crippen molar-refractivity contribution in [2.75, 3.05) is 7.05 Å². The number of thiazole rings is 1. The maximum absolute atomic E-state index is 4.85. The van der Waals surface area contributed by atoms with Gasteiger partial charge in [-0.2, -0.15) is 5.10 Å². The van der Waals surface area contributed by atoms with Gasteiger partial charge in [0.1, 0.15) is 0 Å². The van der Waals surface area contributed by atoms with Gasteiger partial charge in [0, 0.05) is 35.1 Å². The molecule has 0 aromatic carbocycles. The Kier molecular flexibility index (Phi) is 3.61. The summed E-state index contributed by atoms with van der Waals surface area (Å²) in [5.74, 6) is 0. The second kappa shape index (κ2) is 5.40. The first-order chi connectivity index (χ1) is 9.69. The fourth-order valence-corrected chi connectivity index (χ4v) is 3.54. The second-order valence-corrected chi connectivity index (χ2v) is 6.14. The van der Waals surface area contributed by atoms with Crippen LogP contribution in [0.15, 0.2) is 21.5 Å². The van der Waals surface area contributed by atoms with Gasteiger partial charge in [0.05, 0.1) is 5.69 Å². The van der Waals surface area contributed by atoms with E-state index in [1.807, 2.05) is 11.7 Å². The van der Waals surface area contributed by atoms with Gasteiger partial charge >= 0.3 is 0 Å². The Morgan fingerprint density at radius 3 is 2.60 bits per heavy atom. The Hall–Kier alpha value is -1.62. The summed E-state index contributed by atoms with van der Waals surface area (Å²) in [6.07, 6.45) is 4.77. The molecule has 3 rings (SSSR count). The van der Waals surface area contributed by atoms with Crippen LogP contribution < -0.4 is 4.80 Å². The second-order valence-electron chi connectivity index (χ2n) is 5.30. The summed E-state index contributed by atoms with van der Waals surface area (Å²) in [6, 6.07) is 2.18. The van der Waals surface area contributed by atoms with Crippen LogP contribution in [0.5, 0.6) is 0 Å². The van der Waals surface area contributed by atoms with Crippen molar-refractivity contribution in [2.24, 2.45) is 10.1 Å². The zero-order chi connectivity index (χ0) is 14.1. The number of aromatic amines is 1. The van der Waals surface area contributed by atoms with Gasteiger partial charge in [-0.1, -0.05) is 0 Å². The van der Waals surface area contributed by atoms with Crippen LogP contribution in [0.25, 0.3) is 11.3 Å². The standard InChI is InChI=1S/C15H20N4S/c1-10-8-13(11(2)17-10)14-9-20-15(16-3)19(14)18-12-6-4-5-7-12/h8-9,17H,4-7H2,1-3H3. The molecule has 0 saturated heterocycles. The van der Waals surface area contributed by atoms with Gasteiger partial charge in [-0.15, -0.1) is 11.3 Å². The van der Waals surface area contributed by atoms with Gasteiger partial charge in [-0.3, -0.25) is 4.99 Å². The first-order valence-corrected chi connectivity index (χ1v) is 7.93. The first kappa shape index (κ1) is 13.4. The lowest BCUT2D eigenvalue weighted by Crippen LogP contribution is -2.13. The quantitative estimate of drug-likeness (QED) is 0.879. The first-order valence-electron chi connectivity index (χ1n) is 7.05. The van der Waals surface area contributed by atoms with Crippen molar-refractivity contribution in [1.29, 1.82) is 0 Å². The number of rotatable bonds is 2. The lowest BCUT2D eigenvalue weighted by Gasteiger charge is -2.04. The summed E-state index contributed by atoms with van der Waals surface area (Å²) >= 11 is 1.65. The Morgan fingerprint density at radius 1 is 1.25 bits per heavy atom. The molecule has 0 unspecified atom stereocenters. The smallest absolute Gasteiger partial charge is 0.205 e. The lowest BCUT2D eigenvalue weighted by molar-refractivity contribution is 0.834. The molecule has 20 heavy (non-hydrogen) atoms. The number of hydrogen-bond donors (Lipinski definition) is 1. The molecule has 4 nitrogen and oxygen atoms in total. The highest BCUT2D eigenvalue weighted by Gasteiger charge is 2.14. The van der Waals surface area contributed by atoms with Crippen molar-refractivity contribution >= 4 is 17.0 Å². The SMILES string of the molecule is CN=c1scc(-c2cc(C)[nH]c2C)n1N=C1CCCC1. The molecule has 1 fully saturated rings. The molecule has 1 saturated carbocycles. The highest BCUT2D eigenvalue weighted by molar-refractivity contribution is 7.07. The normalized spacial score (nSPS) is 16.1. The van der Waals surface area contributed by atoms with E-state index in [2.05, 4.69) is 35.3 Å². The molecule has 0 spiro atoms. The molecule has 5 heteroatoms. The highest BCUT2D eigenvalue weighted by atomic mass is 32.1. The molecule has 1 N–H and O–H groups in total. The third kappa shape index (κ3) is 2.38. The van der Waals surface area contributed by atoms with E-state index in [4.69, 9.17) is 5.10 Å². The molecule has 2 heterocycles. The number of hydrogen-bond acceptors (Lipinski definition) is 3. The molecular formula is C15H20N4S. The minimum atomic E-state index is 0.956. The summed E-state index contributed by atoms with van der Waals surface area (Å²) in [4.78, 5) is 8.68. The Morgan fingerprint density at radius 2 is 2.00 bits per heavy atom. The van der Waals surface area contributed by atoms with Gasteiger partial charge in [0.2, 0.25) is 4.80 Å². The van der Waals surface area contributed by atoms with Gasteiger partial charge < -0.3 is 4.98 Å². The molecule has 1 aliphatic carbocycles. The van der Waals surface area contributed by atoms with E-state index >= 15 is 0 Å². The third-order valence-corrected chi connectivity index (χ3v) is 4.63. The van der Waals surface area contributed by atoms with Gasteiger partial charge in [-0.05, 0) is 45.6 Å². The summed E-state index contributed by atoms with van der Waals surface area (Å²) in [5.41, 5.74) is 6.01. The van der Waals surface area contributed by atoms with Crippen molar-refractivity contribution in [3.8, 4) is 11.3 Å². The average molecular weight is 288 g/mol. The van der Waals surface area contributed by atoms with Gasteiger partial charge in [-0.25, -0.2) is 4.68 Å². The number of aromatic nitrogens is 2. The molecule has 0 aliphatic heterocycles. The summed E-state index contributed by atoms with van der Waals surface area (Å²) in [5, 5.41) is 7.00. The van der Waals surface area contributed by atoms with E-state index in [0.717, 1.165) is 23.3 Å². The lowest BCUT2D eigenvalue weighted by atomic mass is 10.2. The van der Waals surface area contributed by atoms with Crippen molar-refractivity contribution in [2.45, 2.75) is 39.5 Å². The van der Waals surface area contributed by atoms with Crippen LogP contribution in [0.1, 0.15) is 37.1 Å². The third-order valence-electron chi connectivity index (χ3n) is 3.72. The summed E-state index contributed by atoms with van der Waals surface area (Å²) < 4.78 is 2.01. The number of nitrogens with zero attached hydrogens (tertiary/aromatic N) is 3. The van der Waals surface area contributed by atoms with Crippen LogP contribution in [0.4, 0.5) is 0 Å². The van der Waals surface area contributed by atoms with Crippen molar-refractivity contribution < 1.29 is 0 Å². The van der Waals surface area contributed by atoms with Crippen molar-refractivity contribution in [3.05, 3.63) is 27.6 Å². The van der Waals surface area contributed by atoms with E-state index in [0.29, 0.717) is 0 Å². The number of H-pyrrole nitrogens is 1. The molecule has 0 radical (unpaired) electrons. The fourth-order valence-electron chi connectivity index (χ4n) is 2.75. The molecule has 0 atom stereocenters. The van der Waals surface area contributed by atoms with Crippen LogP contribution in [0.3, 0.4) is 0 Å². The Labute approximate surface area is 122 Å². The zero-order valence-corrected chi connectivity index (χ0v) is 13.0. The van der Waals surface area contributed by atoms with E-state index < -0.39 is 0 Å². The van der Waals surface area contributed by atoms with Gasteiger partial charge in [0.25, 0.3) is 0 Å². The molecule has 2 aromatic rings. The predicted molar refractivity (Wildman–Crippen MR) is 84.4 cm³/mol. The van der Waals surface area contributed by atoms with E-state index in [1.54, 1.807) is 11.3 Å². The highest BCUT2D eigenvalue weighted by Crippen LogP contribution is 2.25. The average Bonchev–Trinajstić information content (AvgIpc) is 3.11. The minimum Gasteiger partial charge on any atom is -0.362 e. The van der Waals surface area contributed by atoms with Gasteiger partial charge in [0.15, 0.2) is 0 Å². The molecule has 0 bridgehead atoms. The van der Waals surface area contributed by atoms with E-state index in [9.17, 15) is 0 Å². The topological polar surface area (TPSA) is 45.4 Å². The minimum absolute atomic E-state index is 0.956. The Balaban J connectivity index is 2.15. The van der Waals surface area contributed by atoms with E-state index in [1.165, 1.54) is 35.5 Å². The summed E-state index contributed by atoms with van der Waals surface area (Å²) in [7, 11) is 1.83. The monoisotopic (exact) mass is 288 g/mol. The van der Waals surface area contributed by atoms with Crippen LogP contribution in [0, 0.1) is 13.8 Å². The van der Waals surface area contributed by atoms with Crippen LogP contribution in [-0.4, -0.2) is 22.4 Å². The van der Waals surface area contributed by atoms with E-state index in [-0.39, 0.29) is 0 Å². The molecule has 0 amide bonds. The van der Waals surface area contributed by atoms with Crippen LogP contribution in [-0.2, 0) is 0 Å². The number of nitrogens with one attached hydrogen (secondary N) is 1. The largest absolute Gasteiger partial charge is 0.362 e. The molecular weight excluding hydrogens is 268 g/mol. The molecule has 2 aromatic heterocycles. The fraction of sp³-hybridized carbons (Fsp3) is 0.467. The maximum atomic E-state index is 4.85. The summed E-state index contributed by atoms with van der Waals surface area (Å²) in [6.45, 7) is 4.19. The zero-order valence-electron chi connectivity index (χ0n) is 12.2. The molecule has 106 valence electrons. The number of aryl methyl sites for hydroxylation is 2. The molecule has 1 aliphatic rings. The maximum Gasteiger partial charge on any atom is 0.205 e. The predicted octanol–water partition coefficient (Wildman–Crippen LogP) is 3.47.